The van der Waals surface area contributed by atoms with Crippen LogP contribution in [0.3, 0.4) is 0 Å². The zero-order valence-corrected chi connectivity index (χ0v) is 36.6. The van der Waals surface area contributed by atoms with Gasteiger partial charge in [-0.3, -0.25) is 9.59 Å². The molecule has 2 aliphatic rings. The van der Waals surface area contributed by atoms with E-state index in [1.807, 2.05) is 4.57 Å². The van der Waals surface area contributed by atoms with Crippen LogP contribution in [-0.4, -0.2) is 79.1 Å². The van der Waals surface area contributed by atoms with Crippen molar-refractivity contribution >= 4 is 68.5 Å². The summed E-state index contributed by atoms with van der Waals surface area (Å²) < 4.78 is 95.2. The van der Waals surface area contributed by atoms with Crippen molar-refractivity contribution in [1.82, 2.24) is 39.0 Å². The van der Waals surface area contributed by atoms with Gasteiger partial charge in [0.2, 0.25) is 0 Å². The van der Waals surface area contributed by atoms with Crippen molar-refractivity contribution in [3.05, 3.63) is 121 Å². The first-order chi connectivity index (χ1) is 32.8. The van der Waals surface area contributed by atoms with Crippen molar-refractivity contribution in [2.75, 3.05) is 10.6 Å². The number of halogens is 8. The Balaban J connectivity index is 1.11. The number of rotatable bonds is 13. The van der Waals surface area contributed by atoms with Crippen LogP contribution in [0, 0.1) is 0 Å². The summed E-state index contributed by atoms with van der Waals surface area (Å²) in [7, 11) is 0. The highest BCUT2D eigenvalue weighted by Gasteiger charge is 2.48. The van der Waals surface area contributed by atoms with Gasteiger partial charge in [-0.05, 0) is 85.6 Å². The molecule has 0 unspecified atom stereocenters. The molecule has 2 amide bonds. The van der Waals surface area contributed by atoms with Crippen LogP contribution in [-0.2, 0) is 0 Å². The summed E-state index contributed by atoms with van der Waals surface area (Å²) in [6.07, 6.45) is 7.78. The number of aliphatic hydroxyl groups excluding tert-OH is 1. The molecule has 0 aliphatic heterocycles. The quantitative estimate of drug-likeness (QED) is 0.0738. The van der Waals surface area contributed by atoms with E-state index in [1.165, 1.54) is 91.9 Å². The third kappa shape index (κ3) is 9.44. The first-order valence-corrected chi connectivity index (χ1v) is 21.6. The van der Waals surface area contributed by atoms with E-state index >= 15 is 0 Å². The van der Waals surface area contributed by atoms with E-state index in [9.17, 15) is 41.0 Å². The van der Waals surface area contributed by atoms with Crippen LogP contribution >= 0.6 is 23.2 Å². The van der Waals surface area contributed by atoms with E-state index in [1.54, 1.807) is 23.0 Å². The molecule has 69 heavy (non-hydrogen) atoms. The van der Waals surface area contributed by atoms with Crippen LogP contribution in [0.5, 0.6) is 11.5 Å². The fourth-order valence-electron chi connectivity index (χ4n) is 8.52. The van der Waals surface area contributed by atoms with Crippen LogP contribution in [0.15, 0.2) is 110 Å². The summed E-state index contributed by atoms with van der Waals surface area (Å²) in [5.41, 5.74) is -4.21. The Morgan fingerprint density at radius 2 is 1.25 bits per heavy atom. The maximum atomic E-state index is 15.0. The van der Waals surface area contributed by atoms with Crippen LogP contribution in [0.1, 0.15) is 58.5 Å². The largest absolute Gasteiger partial charge is 0.487 e. The minimum Gasteiger partial charge on any atom is -0.420 e. The highest BCUT2D eigenvalue weighted by Crippen LogP contribution is 2.50. The molecule has 0 saturated heterocycles. The number of aromatic nitrogens is 8. The van der Waals surface area contributed by atoms with Crippen LogP contribution in [0.4, 0.5) is 37.7 Å². The third-order valence-corrected chi connectivity index (χ3v) is 11.8. The minimum atomic E-state index is -3.96. The van der Waals surface area contributed by atoms with Crippen molar-refractivity contribution < 1.29 is 50.5 Å². The predicted molar refractivity (Wildman–Crippen MR) is 240 cm³/mol. The van der Waals surface area contributed by atoms with Crippen molar-refractivity contribution in [1.29, 1.82) is 0 Å². The van der Waals surface area contributed by atoms with E-state index < -0.39 is 53.9 Å². The molecule has 4 aromatic heterocycles. The molecule has 2 fully saturated rings. The summed E-state index contributed by atoms with van der Waals surface area (Å²) in [5, 5.41) is 15.8. The highest BCUT2D eigenvalue weighted by molar-refractivity contribution is 6.21. The molecular formula is C46H32Cl2F6N10O5. The summed E-state index contributed by atoms with van der Waals surface area (Å²) in [4.78, 5) is 55.0. The van der Waals surface area contributed by atoms with E-state index in [4.69, 9.17) is 33.2 Å². The number of amides is 2. The number of fused-ring (bicyclic) bond motifs is 2. The summed E-state index contributed by atoms with van der Waals surface area (Å²) in [6, 6.07) is 15.3. The van der Waals surface area contributed by atoms with Gasteiger partial charge < -0.3 is 34.3 Å². The van der Waals surface area contributed by atoms with E-state index in [-0.39, 0.29) is 57.1 Å². The molecule has 0 radical (unpaired) electrons. The number of hydrogen-bond acceptors (Lipinski definition) is 11. The number of hydrogen-bond donors (Lipinski definition) is 3. The van der Waals surface area contributed by atoms with Gasteiger partial charge in [0.15, 0.2) is 5.82 Å². The zero-order valence-electron chi connectivity index (χ0n) is 35.1. The van der Waals surface area contributed by atoms with Crippen LogP contribution in [0.25, 0.3) is 55.8 Å². The Bertz CT molecular complexity index is 3270. The first kappa shape index (κ1) is 45.4. The topological polar surface area (TPSA) is 184 Å². The maximum Gasteiger partial charge on any atom is 0.487 e. The Morgan fingerprint density at radius 1 is 0.696 bits per heavy atom. The molecule has 10 rings (SSSR count). The van der Waals surface area contributed by atoms with Gasteiger partial charge in [-0.1, -0.05) is 0 Å². The molecule has 4 aromatic carbocycles. The molecule has 8 aromatic rings. The van der Waals surface area contributed by atoms with E-state index in [0.717, 1.165) is 0 Å². The molecule has 2 aliphatic carbocycles. The Kier molecular flexibility index (Phi) is 11.4. The number of carbonyl (C=O) groups is 2. The van der Waals surface area contributed by atoms with Gasteiger partial charge >= 0.3 is 11.1 Å². The van der Waals surface area contributed by atoms with E-state index in [2.05, 4.69) is 40.0 Å². The fourth-order valence-corrected chi connectivity index (χ4v) is 8.70. The van der Waals surface area contributed by atoms with Crippen LogP contribution in [0.2, 0.25) is 0 Å². The first-order valence-electron chi connectivity index (χ1n) is 20.9. The molecule has 0 atom stereocenters. The van der Waals surface area contributed by atoms with Gasteiger partial charge in [-0.15, -0.1) is 17.6 Å². The second-order valence-corrected chi connectivity index (χ2v) is 17.3. The molecule has 2 saturated carbocycles. The number of anilines is 2. The molecule has 15 nitrogen and oxygen atoms in total. The molecular weight excluding hydrogens is 957 g/mol. The number of nitrogens with zero attached hydrogens (tertiary/aromatic N) is 8. The van der Waals surface area contributed by atoms with Crippen molar-refractivity contribution in [3.63, 3.8) is 0 Å². The van der Waals surface area contributed by atoms with Gasteiger partial charge in [0.1, 0.15) is 29.8 Å². The number of ether oxygens (including phenoxy) is 2. The standard InChI is InChI=1S/C46H32Cl2F6N10O5/c47-45(51,52)68-31-5-1-26(2-6-31)60-42(66)23-9-33(25-17-55-20-56-18-25)40-37(12-23)62-41(64(40)29-15-44(49,50)16-29)38-35(19-57-21-58-38)34-10-24(11-36-39(34)63(22-59-36)28-13-30(65)14-28)43(67)61-27-3-7-32(8-4-27)69-46(48,53)54/h1-12,17-22,28-30,65H,13-16H2,(H,60,66)(H,61,67). The number of imidazole rings is 2. The SMILES string of the molecule is O=C(Nc1ccc(OC(F)(F)Cl)cc1)c1cc(-c2cncnc2-c2nc3cc(C(=O)Nc4ccc(OC(F)(F)Cl)cc4)cc(-c4cncnc4)c3n2C2CC(F)(F)C2)c2c(c1)ncn2C1CC(O)C1. The normalized spacial score (nSPS) is 17.0. The van der Waals surface area contributed by atoms with Gasteiger partial charge in [-0.25, -0.2) is 38.7 Å². The molecule has 0 bridgehead atoms. The molecule has 352 valence electrons. The fraction of sp³-hybridized carbons (Fsp3) is 0.217. The average molecular weight is 990 g/mol. The van der Waals surface area contributed by atoms with E-state index in [0.29, 0.717) is 51.6 Å². The molecule has 0 spiro atoms. The highest BCUT2D eigenvalue weighted by atomic mass is 35.5. The number of nitrogens with one attached hydrogen (secondary N) is 2. The Morgan fingerprint density at radius 3 is 1.80 bits per heavy atom. The van der Waals surface area contributed by atoms with Gasteiger partial charge in [0.05, 0.1) is 34.5 Å². The predicted octanol–water partition coefficient (Wildman–Crippen LogP) is 10.5. The van der Waals surface area contributed by atoms with Gasteiger partial charge in [0.25, 0.3) is 17.7 Å². The summed E-state index contributed by atoms with van der Waals surface area (Å²) in [6.45, 7) is 0. The lowest BCUT2D eigenvalue weighted by atomic mass is 9.87. The van der Waals surface area contributed by atoms with Gasteiger partial charge in [0, 0.05) is 111 Å². The zero-order chi connectivity index (χ0) is 48.4. The number of aliphatic hydroxyl groups is 1. The van der Waals surface area contributed by atoms with Crippen molar-refractivity contribution in [2.45, 2.75) is 60.9 Å². The van der Waals surface area contributed by atoms with Crippen molar-refractivity contribution in [3.8, 4) is 45.3 Å². The minimum absolute atomic E-state index is 0.0678. The lowest BCUT2D eigenvalue weighted by molar-refractivity contribution is -0.103. The lowest BCUT2D eigenvalue weighted by Gasteiger charge is -2.37. The summed E-state index contributed by atoms with van der Waals surface area (Å²) >= 11 is 9.80. The second kappa shape index (κ2) is 17.3. The maximum absolute atomic E-state index is 15.0. The molecule has 4 heterocycles. The number of carbonyl (C=O) groups excluding carboxylic acids is 2. The third-order valence-electron chi connectivity index (χ3n) is 11.7. The monoisotopic (exact) mass is 988 g/mol. The molecule has 3 N–H and O–H groups in total. The second-order valence-electron chi connectivity index (χ2n) is 16.4. The van der Waals surface area contributed by atoms with Gasteiger partial charge in [-0.2, -0.15) is 0 Å². The Labute approximate surface area is 395 Å². The lowest BCUT2D eigenvalue weighted by Crippen LogP contribution is -2.37. The smallest absolute Gasteiger partial charge is 0.420 e. The summed E-state index contributed by atoms with van der Waals surface area (Å²) in [5.74, 6) is -4.67. The van der Waals surface area contributed by atoms with Crippen molar-refractivity contribution in [2.24, 2.45) is 0 Å². The molecule has 23 heteroatoms. The Hall–Kier alpha value is -7.36. The number of alkyl halides is 8. The average Bonchev–Trinajstić information content (AvgIpc) is 3.89. The van der Waals surface area contributed by atoms with Crippen LogP contribution < -0.4 is 20.1 Å². The number of benzene rings is 4.